The molecule has 0 saturated carbocycles. The number of carbonyl (C=O) groups excluding carboxylic acids is 2. The zero-order chi connectivity index (χ0) is 28.4. The molecule has 2 aromatic carbocycles. The first-order valence-corrected chi connectivity index (χ1v) is 13.9. The van der Waals surface area contributed by atoms with E-state index in [4.69, 9.17) is 5.10 Å². The van der Waals surface area contributed by atoms with Gasteiger partial charge < -0.3 is 10.6 Å². The molecule has 204 valence electrons. The molecule has 0 aliphatic carbocycles. The first-order chi connectivity index (χ1) is 17.6. The Kier molecular flexibility index (Phi) is 8.48. The molecule has 0 fully saturated rings. The summed E-state index contributed by atoms with van der Waals surface area (Å²) in [6.07, 6.45) is 0. The third-order valence-electron chi connectivity index (χ3n) is 6.21. The van der Waals surface area contributed by atoms with Crippen molar-refractivity contribution in [3.8, 4) is 5.69 Å². The Hall–Kier alpha value is -3.50. The first kappa shape index (κ1) is 29.1. The Morgan fingerprint density at radius 3 is 2.21 bits per heavy atom. The number of nitrogens with zero attached hydrogens (tertiary/aromatic N) is 3. The molecule has 0 saturated heterocycles. The maximum atomic E-state index is 13.4. The molecule has 3 rings (SSSR count). The van der Waals surface area contributed by atoms with E-state index in [0.29, 0.717) is 11.5 Å². The van der Waals surface area contributed by atoms with Gasteiger partial charge in [-0.25, -0.2) is 13.1 Å². The molecular weight excluding hydrogens is 502 g/mol. The number of aryl methyl sites for hydroxylation is 1. The largest absolute Gasteiger partial charge is 0.326 e. The van der Waals surface area contributed by atoms with Gasteiger partial charge in [-0.1, -0.05) is 32.9 Å². The molecule has 0 aliphatic heterocycles. The Labute approximate surface area is 225 Å². The molecule has 2 N–H and O–H groups in total. The van der Waals surface area contributed by atoms with Crippen LogP contribution in [0.1, 0.15) is 58.4 Å². The van der Waals surface area contributed by atoms with Crippen LogP contribution in [0.3, 0.4) is 0 Å². The summed E-state index contributed by atoms with van der Waals surface area (Å²) in [5.74, 6) is -0.269. The highest BCUT2D eigenvalue weighted by molar-refractivity contribution is 7.89. The number of amides is 2. The fourth-order valence-electron chi connectivity index (χ4n) is 3.90. The lowest BCUT2D eigenvalue weighted by Crippen LogP contribution is -2.42. The van der Waals surface area contributed by atoms with E-state index in [-0.39, 0.29) is 22.8 Å². The van der Waals surface area contributed by atoms with Crippen molar-refractivity contribution in [3.05, 3.63) is 65.4 Å². The van der Waals surface area contributed by atoms with Crippen LogP contribution in [-0.4, -0.2) is 46.9 Å². The predicted molar refractivity (Wildman–Crippen MR) is 150 cm³/mol. The average molecular weight is 540 g/mol. The number of hydrogen-bond donors (Lipinski definition) is 2. The average Bonchev–Trinajstić information content (AvgIpc) is 3.23. The molecule has 10 heteroatoms. The number of hydrogen-bond acceptors (Lipinski definition) is 5. The van der Waals surface area contributed by atoms with Crippen molar-refractivity contribution in [3.63, 3.8) is 0 Å². The van der Waals surface area contributed by atoms with Gasteiger partial charge in [-0.05, 0) is 69.2 Å². The van der Waals surface area contributed by atoms with Crippen molar-refractivity contribution < 1.29 is 18.0 Å². The molecule has 3 aromatic rings. The van der Waals surface area contributed by atoms with Gasteiger partial charge in [0.25, 0.3) is 0 Å². The molecule has 2 amide bonds. The lowest BCUT2D eigenvalue weighted by atomic mass is 9.92. The predicted octanol–water partition coefficient (Wildman–Crippen LogP) is 4.78. The summed E-state index contributed by atoms with van der Waals surface area (Å²) in [6, 6.07) is 13.1. The molecule has 0 spiro atoms. The third-order valence-corrected chi connectivity index (χ3v) is 8.24. The van der Waals surface area contributed by atoms with E-state index >= 15 is 0 Å². The Morgan fingerprint density at radius 2 is 1.66 bits per heavy atom. The number of benzene rings is 2. The molecule has 0 radical (unpaired) electrons. The van der Waals surface area contributed by atoms with Gasteiger partial charge in [0.05, 0.1) is 22.8 Å². The fourth-order valence-corrected chi connectivity index (χ4v) is 5.50. The maximum Gasteiger partial charge on any atom is 0.243 e. The number of sulfonamides is 1. The number of carbonyl (C=O) groups is 2. The zero-order valence-corrected chi connectivity index (χ0v) is 24.1. The molecule has 0 unspecified atom stereocenters. The first-order valence-electron chi connectivity index (χ1n) is 12.5. The van der Waals surface area contributed by atoms with E-state index in [1.54, 1.807) is 18.5 Å². The van der Waals surface area contributed by atoms with E-state index in [0.717, 1.165) is 26.8 Å². The van der Waals surface area contributed by atoms with Crippen LogP contribution in [0.25, 0.3) is 5.69 Å². The second kappa shape index (κ2) is 11.1. The highest BCUT2D eigenvalue weighted by Gasteiger charge is 2.30. The summed E-state index contributed by atoms with van der Waals surface area (Å²) in [6.45, 7) is 14.6. The Morgan fingerprint density at radius 1 is 1.03 bits per heavy atom. The van der Waals surface area contributed by atoms with E-state index in [1.165, 1.54) is 31.2 Å². The van der Waals surface area contributed by atoms with E-state index in [2.05, 4.69) is 10.6 Å². The van der Waals surface area contributed by atoms with Gasteiger partial charge in [0.2, 0.25) is 21.8 Å². The summed E-state index contributed by atoms with van der Waals surface area (Å²) in [7, 11) is -3.99. The topological polar surface area (TPSA) is 113 Å². The summed E-state index contributed by atoms with van der Waals surface area (Å²) in [5.41, 5.74) is 3.97. The van der Waals surface area contributed by atoms with Gasteiger partial charge in [-0.15, -0.1) is 0 Å². The SMILES string of the molecule is CC(=O)Nc1ccc(S(=O)(=O)N(CC(=O)Nc2cc(C(C)(C)C)nn2-c2cccc(C)c2C)C(C)C)cc1. The second-order valence-electron chi connectivity index (χ2n) is 10.7. The van der Waals surface area contributed by atoms with E-state index in [9.17, 15) is 18.0 Å². The number of aromatic nitrogens is 2. The lowest BCUT2D eigenvalue weighted by molar-refractivity contribution is -0.116. The van der Waals surface area contributed by atoms with Crippen LogP contribution in [0.2, 0.25) is 0 Å². The smallest absolute Gasteiger partial charge is 0.243 e. The molecule has 1 heterocycles. The standard InChI is InChI=1S/C28H37N5O4S/c1-18(2)32(38(36,37)23-14-12-22(13-15-23)29-21(5)34)17-27(35)30-26-16-25(28(6,7)8)31-33(26)24-11-9-10-19(3)20(24)4/h9-16,18H,17H2,1-8H3,(H,29,34)(H,30,35). The van der Waals surface area contributed by atoms with Gasteiger partial charge in [0.1, 0.15) is 5.82 Å². The van der Waals surface area contributed by atoms with Crippen molar-refractivity contribution in [2.45, 2.75) is 71.7 Å². The minimum absolute atomic E-state index is 0.0311. The van der Waals surface area contributed by atoms with E-state index in [1.807, 2.05) is 58.9 Å². The van der Waals surface area contributed by atoms with Gasteiger partial charge in [-0.2, -0.15) is 9.40 Å². The van der Waals surface area contributed by atoms with E-state index < -0.39 is 22.0 Å². The highest BCUT2D eigenvalue weighted by Crippen LogP contribution is 2.28. The summed E-state index contributed by atoms with van der Waals surface area (Å²) >= 11 is 0. The maximum absolute atomic E-state index is 13.4. The number of rotatable bonds is 8. The van der Waals surface area contributed by atoms with Gasteiger partial charge in [0, 0.05) is 30.1 Å². The van der Waals surface area contributed by atoms with Gasteiger partial charge >= 0.3 is 0 Å². The molecular formula is C28H37N5O4S. The van der Waals surface area contributed by atoms with Crippen molar-refractivity contribution in [2.75, 3.05) is 17.2 Å². The third kappa shape index (κ3) is 6.49. The lowest BCUT2D eigenvalue weighted by Gasteiger charge is -2.25. The van der Waals surface area contributed by atoms with Crippen LogP contribution in [0.4, 0.5) is 11.5 Å². The quantitative estimate of drug-likeness (QED) is 0.428. The zero-order valence-electron chi connectivity index (χ0n) is 23.3. The van der Waals surface area contributed by atoms with Crippen molar-refractivity contribution in [2.24, 2.45) is 0 Å². The summed E-state index contributed by atoms with van der Waals surface area (Å²) in [4.78, 5) is 24.6. The summed E-state index contributed by atoms with van der Waals surface area (Å²) in [5, 5.41) is 10.3. The van der Waals surface area contributed by atoms with Crippen LogP contribution < -0.4 is 10.6 Å². The van der Waals surface area contributed by atoms with Crippen molar-refractivity contribution in [1.82, 2.24) is 14.1 Å². The molecule has 9 nitrogen and oxygen atoms in total. The van der Waals surface area contributed by atoms with Crippen LogP contribution in [0.5, 0.6) is 0 Å². The minimum Gasteiger partial charge on any atom is -0.326 e. The van der Waals surface area contributed by atoms with Crippen LogP contribution in [0, 0.1) is 13.8 Å². The number of anilines is 2. The van der Waals surface area contributed by atoms with Crippen LogP contribution in [0.15, 0.2) is 53.4 Å². The summed E-state index contributed by atoms with van der Waals surface area (Å²) < 4.78 is 29.7. The van der Waals surface area contributed by atoms with Crippen molar-refractivity contribution in [1.29, 1.82) is 0 Å². The normalized spacial score (nSPS) is 12.2. The molecule has 1 aromatic heterocycles. The molecule has 0 aliphatic rings. The molecule has 0 bridgehead atoms. The van der Waals surface area contributed by atoms with Crippen LogP contribution in [-0.2, 0) is 25.0 Å². The Bertz CT molecular complexity index is 1430. The second-order valence-corrected chi connectivity index (χ2v) is 12.6. The fraction of sp³-hybridized carbons (Fsp3) is 0.393. The minimum atomic E-state index is -3.99. The number of nitrogens with one attached hydrogen (secondary N) is 2. The molecule has 0 atom stereocenters. The van der Waals surface area contributed by atoms with Crippen LogP contribution >= 0.6 is 0 Å². The van der Waals surface area contributed by atoms with Gasteiger partial charge in [-0.3, -0.25) is 9.59 Å². The Balaban J connectivity index is 1.92. The highest BCUT2D eigenvalue weighted by atomic mass is 32.2. The molecule has 38 heavy (non-hydrogen) atoms. The van der Waals surface area contributed by atoms with Gasteiger partial charge in [0.15, 0.2) is 0 Å². The monoisotopic (exact) mass is 539 g/mol. The van der Waals surface area contributed by atoms with Crippen molar-refractivity contribution >= 4 is 33.3 Å².